The molecule has 0 saturated carbocycles. The number of aromatic nitrogens is 2. The van der Waals surface area contributed by atoms with Crippen molar-refractivity contribution in [2.75, 3.05) is 49.2 Å². The fourth-order valence-electron chi connectivity index (χ4n) is 4.82. The van der Waals surface area contributed by atoms with Gasteiger partial charge in [0.25, 0.3) is 17.7 Å². The Labute approximate surface area is 235 Å². The minimum absolute atomic E-state index is 0.0609. The lowest BCUT2D eigenvalue weighted by Gasteiger charge is -2.37. The number of nitrogens with zero attached hydrogens (tertiary/aromatic N) is 5. The molecule has 2 aliphatic heterocycles. The minimum Gasteiger partial charge on any atom is -0.354 e. The molecule has 1 aromatic heterocycles. The molecule has 2 amide bonds. The van der Waals surface area contributed by atoms with Crippen LogP contribution in [0.15, 0.2) is 33.5 Å². The molecule has 3 heterocycles. The Morgan fingerprint density at radius 3 is 2.49 bits per heavy atom. The zero-order valence-corrected chi connectivity index (χ0v) is 23.5. The van der Waals surface area contributed by atoms with E-state index in [4.69, 9.17) is 0 Å². The quantitative estimate of drug-likeness (QED) is 0.465. The summed E-state index contributed by atoms with van der Waals surface area (Å²) in [6.07, 6.45) is -2.41. The second kappa shape index (κ2) is 11.7. The summed E-state index contributed by atoms with van der Waals surface area (Å²) in [6, 6.07) is 6.30. The zero-order chi connectivity index (χ0) is 30.2. The van der Waals surface area contributed by atoms with Crippen LogP contribution < -0.4 is 10.2 Å². The van der Waals surface area contributed by atoms with Gasteiger partial charge in [-0.05, 0) is 63.1 Å². The summed E-state index contributed by atoms with van der Waals surface area (Å²) in [4.78, 5) is 29.1. The number of carbonyl (C=O) groups is 2. The van der Waals surface area contributed by atoms with Crippen molar-refractivity contribution < 1.29 is 35.9 Å². The molecule has 0 spiro atoms. The first-order valence-electron chi connectivity index (χ1n) is 12.9. The highest BCUT2D eigenvalue weighted by Crippen LogP contribution is 2.35. The first-order valence-corrected chi connectivity index (χ1v) is 14.4. The Kier molecular flexibility index (Phi) is 8.79. The smallest absolute Gasteiger partial charge is 0.354 e. The Balaban J connectivity index is 1.58. The van der Waals surface area contributed by atoms with Gasteiger partial charge in [0.1, 0.15) is 5.67 Å². The highest BCUT2D eigenvalue weighted by molar-refractivity contribution is 7.87. The number of carbonyl (C=O) groups excluding carboxylic acids is 2. The molecule has 4 rings (SSSR count). The molecule has 0 aliphatic carbocycles. The van der Waals surface area contributed by atoms with Crippen molar-refractivity contribution in [3.8, 4) is 0 Å². The number of alkyl halides is 6. The monoisotopic (exact) mass is 604 g/mol. The number of benzene rings is 1. The molecule has 2 fully saturated rings. The minimum atomic E-state index is -4.85. The zero-order valence-electron chi connectivity index (χ0n) is 22.7. The summed E-state index contributed by atoms with van der Waals surface area (Å²) < 4.78 is 85.7. The molecule has 2 aromatic rings. The van der Waals surface area contributed by atoms with E-state index in [0.717, 1.165) is 6.92 Å². The molecule has 1 aromatic carbocycles. The third kappa shape index (κ3) is 7.61. The van der Waals surface area contributed by atoms with Crippen molar-refractivity contribution in [1.82, 2.24) is 15.1 Å². The van der Waals surface area contributed by atoms with Crippen molar-refractivity contribution in [3.63, 3.8) is 0 Å². The summed E-state index contributed by atoms with van der Waals surface area (Å²) in [5.74, 6) is -4.28. The molecular weight excluding hydrogens is 574 g/mol. The summed E-state index contributed by atoms with van der Waals surface area (Å²) >= 11 is 0. The molecule has 0 radical (unpaired) electrons. The van der Waals surface area contributed by atoms with E-state index in [-0.39, 0.29) is 49.5 Å². The van der Waals surface area contributed by atoms with Crippen LogP contribution in [0.25, 0.3) is 0 Å². The van der Waals surface area contributed by atoms with Gasteiger partial charge in [0, 0.05) is 23.7 Å². The average molecular weight is 605 g/mol. The van der Waals surface area contributed by atoms with Crippen LogP contribution in [0.4, 0.5) is 37.8 Å². The lowest BCUT2D eigenvalue weighted by atomic mass is 10.00. The summed E-state index contributed by atoms with van der Waals surface area (Å²) in [6.45, 7) is 1.80. The van der Waals surface area contributed by atoms with E-state index in [0.29, 0.717) is 11.3 Å². The van der Waals surface area contributed by atoms with Crippen LogP contribution in [0.2, 0.25) is 0 Å². The second-order valence-corrected chi connectivity index (χ2v) is 12.2. The molecular formula is C26H30F6N6O2S. The lowest BCUT2D eigenvalue weighted by Crippen LogP contribution is -2.57. The number of anilines is 2. The van der Waals surface area contributed by atoms with Crippen molar-refractivity contribution in [1.29, 1.82) is 0 Å². The molecule has 2 aliphatic rings. The molecule has 224 valence electrons. The van der Waals surface area contributed by atoms with Crippen LogP contribution >= 0.6 is 0 Å². The van der Waals surface area contributed by atoms with E-state index in [2.05, 4.69) is 19.9 Å². The number of halogens is 6. The van der Waals surface area contributed by atoms with E-state index >= 15 is 0 Å². The number of amides is 2. The number of rotatable bonds is 6. The van der Waals surface area contributed by atoms with Gasteiger partial charge in [0.15, 0.2) is 11.5 Å². The first-order chi connectivity index (χ1) is 19.0. The van der Waals surface area contributed by atoms with Crippen molar-refractivity contribution >= 4 is 34.0 Å². The Hall–Kier alpha value is -3.07. The highest BCUT2D eigenvalue weighted by atomic mass is 32.2. The predicted molar refractivity (Wildman–Crippen MR) is 142 cm³/mol. The van der Waals surface area contributed by atoms with Crippen LogP contribution in [0.5, 0.6) is 0 Å². The third-order valence-electron chi connectivity index (χ3n) is 6.96. The van der Waals surface area contributed by atoms with Crippen LogP contribution in [0.1, 0.15) is 47.8 Å². The van der Waals surface area contributed by atoms with Gasteiger partial charge in [-0.2, -0.15) is 17.5 Å². The molecule has 2 saturated heterocycles. The van der Waals surface area contributed by atoms with Crippen LogP contribution in [-0.2, 0) is 21.7 Å². The molecule has 0 bridgehead atoms. The summed E-state index contributed by atoms with van der Waals surface area (Å²) in [5, 5.41) is 9.75. The third-order valence-corrected chi connectivity index (χ3v) is 8.38. The molecule has 15 heteroatoms. The van der Waals surface area contributed by atoms with Crippen LogP contribution in [-0.4, -0.2) is 77.5 Å². The van der Waals surface area contributed by atoms with E-state index in [1.54, 1.807) is 23.3 Å². The van der Waals surface area contributed by atoms with Gasteiger partial charge in [-0.25, -0.2) is 13.2 Å². The fraction of sp³-hybridized carbons (Fsp3) is 0.538. The summed E-state index contributed by atoms with van der Waals surface area (Å²) in [5.41, 5.74) is -3.23. The molecule has 8 nitrogen and oxygen atoms in total. The van der Waals surface area contributed by atoms with Crippen molar-refractivity contribution in [3.05, 3.63) is 41.1 Å². The van der Waals surface area contributed by atoms with Gasteiger partial charge in [0.05, 0.1) is 25.2 Å². The van der Waals surface area contributed by atoms with Gasteiger partial charge in [-0.15, -0.1) is 10.2 Å². The largest absolute Gasteiger partial charge is 0.435 e. The van der Waals surface area contributed by atoms with Crippen molar-refractivity contribution in [2.24, 2.45) is 4.36 Å². The SMILES string of the molecule is Cc1c(C(F)(F)F)nnc(N2CCCC(C)(F)CC2)c1C(=O)Nc1cccc([S@](C)=NC(=O)CN2CC(F)(F)C2)c1. The number of hydrogen-bond donors (Lipinski definition) is 1. The standard InChI is InChI=1S/C26H30F6N6O2S/c1-16-20(22(35-34-21(16)26(30,31)32)38-10-5-8-24(2,27)9-11-38)23(40)33-17-6-4-7-18(12-17)41(3)36-19(39)13-37-14-25(28,29)15-37/h4,6-7,12H,5,8-11,13-15H2,1-3H3,(H,33,40)/t24?,41-/m0/s1. The van der Waals surface area contributed by atoms with E-state index in [1.807, 2.05) is 0 Å². The summed E-state index contributed by atoms with van der Waals surface area (Å²) in [7, 11) is -0.989. The number of likely N-dealkylation sites (tertiary alicyclic amines) is 1. The maximum atomic E-state index is 14.6. The topological polar surface area (TPSA) is 90.8 Å². The van der Waals surface area contributed by atoms with Gasteiger partial charge >= 0.3 is 6.18 Å². The second-order valence-electron chi connectivity index (χ2n) is 10.6. The predicted octanol–water partition coefficient (Wildman–Crippen LogP) is 5.04. The molecule has 2 atom stereocenters. The van der Waals surface area contributed by atoms with E-state index < -0.39 is 64.6 Å². The van der Waals surface area contributed by atoms with Gasteiger partial charge in [-0.3, -0.25) is 14.5 Å². The van der Waals surface area contributed by atoms with E-state index in [9.17, 15) is 35.9 Å². The Bertz CT molecular complexity index is 1360. The number of nitrogens with one attached hydrogen (secondary N) is 1. The highest BCUT2D eigenvalue weighted by Gasteiger charge is 2.44. The molecule has 1 N–H and O–H groups in total. The van der Waals surface area contributed by atoms with Crippen LogP contribution in [0.3, 0.4) is 0 Å². The van der Waals surface area contributed by atoms with Gasteiger partial charge < -0.3 is 10.2 Å². The van der Waals surface area contributed by atoms with Gasteiger partial charge in [-0.1, -0.05) is 16.8 Å². The lowest BCUT2D eigenvalue weighted by molar-refractivity contribution is -0.143. The first kappa shape index (κ1) is 30.9. The number of hydrogen-bond acceptors (Lipinski definition) is 6. The Morgan fingerprint density at radius 1 is 1.12 bits per heavy atom. The molecule has 1 unspecified atom stereocenters. The maximum absolute atomic E-state index is 14.6. The average Bonchev–Trinajstić information content (AvgIpc) is 3.02. The maximum Gasteiger partial charge on any atom is 0.435 e. The van der Waals surface area contributed by atoms with Gasteiger partial charge in [0.2, 0.25) is 0 Å². The van der Waals surface area contributed by atoms with E-state index in [1.165, 1.54) is 24.0 Å². The molecule has 41 heavy (non-hydrogen) atoms. The fourth-order valence-corrected chi connectivity index (χ4v) is 5.86. The normalized spacial score (nSPS) is 22.1. The van der Waals surface area contributed by atoms with Crippen LogP contribution in [0, 0.1) is 6.92 Å². The Morgan fingerprint density at radius 2 is 1.83 bits per heavy atom. The van der Waals surface area contributed by atoms with Crippen molar-refractivity contribution in [2.45, 2.75) is 55.8 Å².